The number of hydrogen-bond donors (Lipinski definition) is 1. The molecule has 1 N–H and O–H groups in total. The van der Waals surface area contributed by atoms with Crippen molar-refractivity contribution < 1.29 is 19.2 Å². The summed E-state index contributed by atoms with van der Waals surface area (Å²) in [6.45, 7) is 3.88. The standard InChI is InChI=1S/C13H14FN3O4/c1-3-16(7-8(2)6-15)12-4-9(13(18)19)11(17(20)21)5-10(12)14/h4-5,8H,3,7H2,1-2H3,(H,18,19). The Morgan fingerprint density at radius 1 is 1.62 bits per heavy atom. The van der Waals surface area contributed by atoms with Gasteiger partial charge < -0.3 is 10.0 Å². The number of carboxylic acid groups (broad SMARTS) is 1. The summed E-state index contributed by atoms with van der Waals surface area (Å²) in [6.07, 6.45) is 0. The molecular formula is C13H14FN3O4. The van der Waals surface area contributed by atoms with E-state index < -0.39 is 33.9 Å². The number of carboxylic acids is 1. The summed E-state index contributed by atoms with van der Waals surface area (Å²) in [5, 5.41) is 28.6. The van der Waals surface area contributed by atoms with Gasteiger partial charge in [-0.05, 0) is 19.9 Å². The highest BCUT2D eigenvalue weighted by Crippen LogP contribution is 2.29. The number of nitro benzene ring substituents is 1. The van der Waals surface area contributed by atoms with Crippen LogP contribution in [0.15, 0.2) is 12.1 Å². The number of halogens is 1. The summed E-state index contributed by atoms with van der Waals surface area (Å²) < 4.78 is 14.0. The zero-order valence-electron chi connectivity index (χ0n) is 11.5. The minimum atomic E-state index is -1.51. The van der Waals surface area contributed by atoms with Gasteiger partial charge in [-0.3, -0.25) is 10.1 Å². The van der Waals surface area contributed by atoms with Gasteiger partial charge in [0.1, 0.15) is 5.56 Å². The third-order valence-electron chi connectivity index (χ3n) is 2.93. The third-order valence-corrected chi connectivity index (χ3v) is 2.93. The molecule has 0 radical (unpaired) electrons. The molecule has 8 heteroatoms. The molecule has 0 aliphatic heterocycles. The average Bonchev–Trinajstić information content (AvgIpc) is 2.43. The molecule has 0 saturated carbocycles. The largest absolute Gasteiger partial charge is 0.477 e. The molecule has 0 saturated heterocycles. The van der Waals surface area contributed by atoms with Crippen LogP contribution < -0.4 is 4.90 Å². The number of hydrogen-bond acceptors (Lipinski definition) is 5. The van der Waals surface area contributed by atoms with E-state index in [0.29, 0.717) is 12.6 Å². The lowest BCUT2D eigenvalue weighted by Gasteiger charge is -2.24. The van der Waals surface area contributed by atoms with E-state index in [4.69, 9.17) is 10.4 Å². The molecule has 0 amide bonds. The molecule has 21 heavy (non-hydrogen) atoms. The van der Waals surface area contributed by atoms with Crippen LogP contribution in [-0.2, 0) is 0 Å². The lowest BCUT2D eigenvalue weighted by atomic mass is 10.1. The predicted molar refractivity (Wildman–Crippen MR) is 72.7 cm³/mol. The van der Waals surface area contributed by atoms with Crippen molar-refractivity contribution in [2.75, 3.05) is 18.0 Å². The van der Waals surface area contributed by atoms with Gasteiger partial charge in [0.2, 0.25) is 0 Å². The van der Waals surface area contributed by atoms with Gasteiger partial charge in [-0.1, -0.05) is 0 Å². The maximum Gasteiger partial charge on any atom is 0.342 e. The maximum absolute atomic E-state index is 14.0. The number of benzene rings is 1. The fourth-order valence-corrected chi connectivity index (χ4v) is 1.89. The first-order chi connectivity index (χ1) is 9.81. The van der Waals surface area contributed by atoms with E-state index in [1.165, 1.54) is 4.90 Å². The lowest BCUT2D eigenvalue weighted by molar-refractivity contribution is -0.385. The first-order valence-electron chi connectivity index (χ1n) is 6.17. The smallest absolute Gasteiger partial charge is 0.342 e. The highest BCUT2D eigenvalue weighted by molar-refractivity contribution is 5.93. The molecule has 7 nitrogen and oxygen atoms in total. The van der Waals surface area contributed by atoms with Crippen LogP contribution in [0.2, 0.25) is 0 Å². The quantitative estimate of drug-likeness (QED) is 0.637. The average molecular weight is 295 g/mol. The maximum atomic E-state index is 14.0. The van der Waals surface area contributed by atoms with E-state index in [-0.39, 0.29) is 12.2 Å². The van der Waals surface area contributed by atoms with Crippen molar-refractivity contribution in [3.8, 4) is 6.07 Å². The van der Waals surface area contributed by atoms with Gasteiger partial charge in [0.25, 0.3) is 5.69 Å². The van der Waals surface area contributed by atoms with Gasteiger partial charge in [-0.15, -0.1) is 0 Å². The van der Waals surface area contributed by atoms with Crippen molar-refractivity contribution in [3.05, 3.63) is 33.6 Å². The number of aromatic carboxylic acids is 1. The van der Waals surface area contributed by atoms with E-state index in [9.17, 15) is 19.3 Å². The topological polar surface area (TPSA) is 107 Å². The molecule has 0 aromatic heterocycles. The second-order valence-electron chi connectivity index (χ2n) is 4.45. The molecule has 0 bridgehead atoms. The van der Waals surface area contributed by atoms with Gasteiger partial charge in [-0.25, -0.2) is 9.18 Å². The first kappa shape index (κ1) is 16.4. The van der Waals surface area contributed by atoms with Crippen molar-refractivity contribution in [1.82, 2.24) is 0 Å². The summed E-state index contributed by atoms with van der Waals surface area (Å²) in [4.78, 5) is 22.4. The minimum absolute atomic E-state index is 0.0670. The second-order valence-corrected chi connectivity index (χ2v) is 4.45. The van der Waals surface area contributed by atoms with Crippen molar-refractivity contribution in [3.63, 3.8) is 0 Å². The second kappa shape index (κ2) is 6.65. The Morgan fingerprint density at radius 3 is 2.67 bits per heavy atom. The van der Waals surface area contributed by atoms with Crippen LogP contribution in [0.1, 0.15) is 24.2 Å². The SMILES string of the molecule is CCN(CC(C)C#N)c1cc(C(=O)O)c([N+](=O)[O-])cc1F. The summed E-state index contributed by atoms with van der Waals surface area (Å²) in [5.74, 6) is -2.79. The first-order valence-corrected chi connectivity index (χ1v) is 6.17. The fourth-order valence-electron chi connectivity index (χ4n) is 1.89. The molecule has 1 aromatic rings. The Labute approximate surface area is 120 Å². The molecule has 0 aliphatic rings. The van der Waals surface area contributed by atoms with Crippen molar-refractivity contribution in [2.24, 2.45) is 5.92 Å². The number of rotatable bonds is 6. The summed E-state index contributed by atoms with van der Waals surface area (Å²) >= 11 is 0. The molecule has 1 atom stereocenters. The Hall–Kier alpha value is -2.69. The van der Waals surface area contributed by atoms with E-state index in [0.717, 1.165) is 6.07 Å². The number of carbonyl (C=O) groups is 1. The number of anilines is 1. The number of nitrogens with zero attached hydrogens (tertiary/aromatic N) is 3. The molecule has 112 valence electrons. The number of nitro groups is 1. The van der Waals surface area contributed by atoms with E-state index in [1.54, 1.807) is 13.8 Å². The van der Waals surface area contributed by atoms with E-state index in [1.807, 2.05) is 6.07 Å². The Kier molecular flexibility index (Phi) is 5.18. The van der Waals surface area contributed by atoms with Crippen LogP contribution in [-0.4, -0.2) is 29.1 Å². The van der Waals surface area contributed by atoms with Crippen LogP contribution >= 0.6 is 0 Å². The van der Waals surface area contributed by atoms with Crippen LogP contribution in [0.25, 0.3) is 0 Å². The van der Waals surface area contributed by atoms with Gasteiger partial charge >= 0.3 is 5.97 Å². The highest BCUT2D eigenvalue weighted by Gasteiger charge is 2.25. The van der Waals surface area contributed by atoms with Gasteiger partial charge in [0.05, 0.1) is 28.7 Å². The van der Waals surface area contributed by atoms with Gasteiger partial charge in [0.15, 0.2) is 5.82 Å². The summed E-state index contributed by atoms with van der Waals surface area (Å²) in [6, 6.07) is 3.53. The van der Waals surface area contributed by atoms with E-state index >= 15 is 0 Å². The van der Waals surface area contributed by atoms with Crippen molar-refractivity contribution in [2.45, 2.75) is 13.8 Å². The predicted octanol–water partition coefficient (Wildman–Crippen LogP) is 2.42. The molecule has 1 rings (SSSR count). The summed E-state index contributed by atoms with van der Waals surface area (Å²) in [5.41, 5.74) is -1.45. The number of nitriles is 1. The molecular weight excluding hydrogens is 281 g/mol. The summed E-state index contributed by atoms with van der Waals surface area (Å²) in [7, 11) is 0. The molecule has 0 spiro atoms. The Balaban J connectivity index is 3.36. The third kappa shape index (κ3) is 3.66. The van der Waals surface area contributed by atoms with Crippen LogP contribution in [0.3, 0.4) is 0 Å². The van der Waals surface area contributed by atoms with Gasteiger partial charge in [-0.2, -0.15) is 5.26 Å². The van der Waals surface area contributed by atoms with Crippen molar-refractivity contribution in [1.29, 1.82) is 5.26 Å². The van der Waals surface area contributed by atoms with E-state index in [2.05, 4.69) is 0 Å². The molecule has 0 heterocycles. The molecule has 1 aromatic carbocycles. The molecule has 0 aliphatic carbocycles. The highest BCUT2D eigenvalue weighted by atomic mass is 19.1. The minimum Gasteiger partial charge on any atom is -0.477 e. The van der Waals surface area contributed by atoms with Gasteiger partial charge in [0, 0.05) is 13.1 Å². The van der Waals surface area contributed by atoms with Crippen LogP contribution in [0.4, 0.5) is 15.8 Å². The molecule has 1 unspecified atom stereocenters. The lowest BCUT2D eigenvalue weighted by Crippen LogP contribution is -2.29. The van der Waals surface area contributed by atoms with Crippen LogP contribution in [0, 0.1) is 33.2 Å². The Bertz CT molecular complexity index is 612. The normalized spacial score (nSPS) is 11.5. The zero-order valence-corrected chi connectivity index (χ0v) is 11.5. The Morgan fingerprint density at radius 2 is 2.24 bits per heavy atom. The fraction of sp³-hybridized carbons (Fsp3) is 0.385. The van der Waals surface area contributed by atoms with Crippen LogP contribution in [0.5, 0.6) is 0 Å². The van der Waals surface area contributed by atoms with Crippen molar-refractivity contribution >= 4 is 17.3 Å². The molecule has 0 fully saturated rings. The monoisotopic (exact) mass is 295 g/mol. The zero-order chi connectivity index (χ0) is 16.2.